The molecule has 2 rings (SSSR count). The standard InChI is InChI=1S/C17H26FN3O/c1-2-3-16(19)17(22)21-12-10-20(11-13-21)9-8-14-4-6-15(18)7-5-14/h4-7,16H,2-3,8-13,19H2,1H3. The number of nitrogens with two attached hydrogens (primary N) is 1. The minimum Gasteiger partial charge on any atom is -0.339 e. The molecule has 1 aromatic rings. The Morgan fingerprint density at radius 2 is 1.86 bits per heavy atom. The lowest BCUT2D eigenvalue weighted by Crippen LogP contribution is -2.53. The molecule has 1 aliphatic rings. The van der Waals surface area contributed by atoms with E-state index in [2.05, 4.69) is 4.90 Å². The van der Waals surface area contributed by atoms with Crippen LogP contribution in [0.25, 0.3) is 0 Å². The number of piperazine rings is 1. The van der Waals surface area contributed by atoms with Crippen molar-refractivity contribution in [3.05, 3.63) is 35.6 Å². The third-order valence-electron chi connectivity index (χ3n) is 4.23. The van der Waals surface area contributed by atoms with Crippen LogP contribution in [-0.4, -0.2) is 54.5 Å². The predicted molar refractivity (Wildman–Crippen MR) is 86.0 cm³/mol. The Morgan fingerprint density at radius 3 is 2.45 bits per heavy atom. The molecule has 1 fully saturated rings. The first-order valence-electron chi connectivity index (χ1n) is 8.11. The summed E-state index contributed by atoms with van der Waals surface area (Å²) in [4.78, 5) is 16.4. The molecule has 1 amide bonds. The van der Waals surface area contributed by atoms with E-state index in [9.17, 15) is 9.18 Å². The van der Waals surface area contributed by atoms with Crippen molar-refractivity contribution < 1.29 is 9.18 Å². The first kappa shape index (κ1) is 16.9. The topological polar surface area (TPSA) is 49.6 Å². The van der Waals surface area contributed by atoms with Gasteiger partial charge in [0.2, 0.25) is 5.91 Å². The Kier molecular flexibility index (Phi) is 6.34. The van der Waals surface area contributed by atoms with Crippen LogP contribution in [0.1, 0.15) is 25.3 Å². The van der Waals surface area contributed by atoms with Crippen LogP contribution in [-0.2, 0) is 11.2 Å². The summed E-state index contributed by atoms with van der Waals surface area (Å²) in [6, 6.07) is 6.32. The van der Waals surface area contributed by atoms with Crippen LogP contribution in [0.5, 0.6) is 0 Å². The zero-order valence-corrected chi connectivity index (χ0v) is 13.3. The van der Waals surface area contributed by atoms with Gasteiger partial charge in [0.25, 0.3) is 0 Å². The predicted octanol–water partition coefficient (Wildman–Crippen LogP) is 1.64. The number of halogens is 1. The highest BCUT2D eigenvalue weighted by atomic mass is 19.1. The number of carbonyl (C=O) groups excluding carboxylic acids is 1. The van der Waals surface area contributed by atoms with Gasteiger partial charge in [0, 0.05) is 32.7 Å². The Labute approximate surface area is 132 Å². The van der Waals surface area contributed by atoms with E-state index in [1.165, 1.54) is 12.1 Å². The molecule has 1 unspecified atom stereocenters. The van der Waals surface area contributed by atoms with Crippen LogP contribution in [0.15, 0.2) is 24.3 Å². The molecule has 5 heteroatoms. The molecule has 2 N–H and O–H groups in total. The van der Waals surface area contributed by atoms with Gasteiger partial charge >= 0.3 is 0 Å². The number of carbonyl (C=O) groups is 1. The van der Waals surface area contributed by atoms with E-state index in [0.717, 1.165) is 57.5 Å². The summed E-state index contributed by atoms with van der Waals surface area (Å²) in [5.74, 6) is -0.112. The van der Waals surface area contributed by atoms with Gasteiger partial charge in [0.15, 0.2) is 0 Å². The van der Waals surface area contributed by atoms with Crippen molar-refractivity contribution in [2.75, 3.05) is 32.7 Å². The molecule has 22 heavy (non-hydrogen) atoms. The second-order valence-electron chi connectivity index (χ2n) is 5.94. The van der Waals surface area contributed by atoms with Crippen molar-refractivity contribution in [1.82, 2.24) is 9.80 Å². The number of rotatable bonds is 6. The molecule has 0 saturated carbocycles. The molecule has 1 saturated heterocycles. The molecule has 0 bridgehead atoms. The van der Waals surface area contributed by atoms with E-state index < -0.39 is 0 Å². The van der Waals surface area contributed by atoms with E-state index in [1.807, 2.05) is 24.0 Å². The van der Waals surface area contributed by atoms with Gasteiger partial charge in [-0.1, -0.05) is 25.5 Å². The lowest BCUT2D eigenvalue weighted by molar-refractivity contribution is -0.134. The average Bonchev–Trinajstić information content (AvgIpc) is 2.54. The van der Waals surface area contributed by atoms with Crippen molar-refractivity contribution in [2.24, 2.45) is 5.73 Å². The molecular formula is C17H26FN3O. The van der Waals surface area contributed by atoms with Crippen LogP contribution < -0.4 is 5.73 Å². The Hall–Kier alpha value is -1.46. The van der Waals surface area contributed by atoms with E-state index in [0.29, 0.717) is 0 Å². The number of hydrogen-bond donors (Lipinski definition) is 1. The van der Waals surface area contributed by atoms with Gasteiger partial charge in [-0.2, -0.15) is 0 Å². The largest absolute Gasteiger partial charge is 0.339 e. The van der Waals surface area contributed by atoms with Crippen LogP contribution >= 0.6 is 0 Å². The van der Waals surface area contributed by atoms with Gasteiger partial charge in [0.1, 0.15) is 5.82 Å². The molecular weight excluding hydrogens is 281 g/mol. The van der Waals surface area contributed by atoms with Gasteiger partial charge in [-0.3, -0.25) is 9.69 Å². The summed E-state index contributed by atoms with van der Waals surface area (Å²) in [6.07, 6.45) is 2.59. The molecule has 122 valence electrons. The molecule has 1 aliphatic heterocycles. The quantitative estimate of drug-likeness (QED) is 0.869. The van der Waals surface area contributed by atoms with Crippen LogP contribution in [0.4, 0.5) is 4.39 Å². The maximum Gasteiger partial charge on any atom is 0.239 e. The summed E-state index contributed by atoms with van der Waals surface area (Å²) < 4.78 is 12.9. The monoisotopic (exact) mass is 307 g/mol. The Morgan fingerprint density at radius 1 is 1.23 bits per heavy atom. The molecule has 1 aromatic carbocycles. The van der Waals surface area contributed by atoms with Gasteiger partial charge in [0.05, 0.1) is 6.04 Å². The van der Waals surface area contributed by atoms with Gasteiger partial charge in [-0.15, -0.1) is 0 Å². The maximum atomic E-state index is 12.9. The molecule has 0 radical (unpaired) electrons. The molecule has 1 atom stereocenters. The Bertz CT molecular complexity index is 469. The van der Waals surface area contributed by atoms with Crippen LogP contribution in [0.2, 0.25) is 0 Å². The number of benzene rings is 1. The molecule has 0 spiro atoms. The van der Waals surface area contributed by atoms with Crippen LogP contribution in [0.3, 0.4) is 0 Å². The van der Waals surface area contributed by atoms with E-state index in [4.69, 9.17) is 5.73 Å². The van der Waals surface area contributed by atoms with Crippen molar-refractivity contribution in [3.8, 4) is 0 Å². The summed E-state index contributed by atoms with van der Waals surface area (Å²) >= 11 is 0. The fraction of sp³-hybridized carbons (Fsp3) is 0.588. The fourth-order valence-corrected chi connectivity index (χ4v) is 2.80. The SMILES string of the molecule is CCCC(N)C(=O)N1CCN(CCc2ccc(F)cc2)CC1. The van der Waals surface area contributed by atoms with E-state index >= 15 is 0 Å². The lowest BCUT2D eigenvalue weighted by atomic mass is 10.1. The number of hydrogen-bond acceptors (Lipinski definition) is 3. The first-order chi connectivity index (χ1) is 10.6. The fourth-order valence-electron chi connectivity index (χ4n) is 2.80. The zero-order valence-electron chi connectivity index (χ0n) is 13.3. The summed E-state index contributed by atoms with van der Waals surface area (Å²) in [5.41, 5.74) is 7.05. The number of nitrogens with zero attached hydrogens (tertiary/aromatic N) is 2. The summed E-state index contributed by atoms with van der Waals surface area (Å²) in [5, 5.41) is 0. The highest BCUT2D eigenvalue weighted by molar-refractivity contribution is 5.81. The second kappa shape index (κ2) is 8.25. The second-order valence-corrected chi connectivity index (χ2v) is 5.94. The molecule has 0 aromatic heterocycles. The zero-order chi connectivity index (χ0) is 15.9. The van der Waals surface area contributed by atoms with E-state index in [1.54, 1.807) is 0 Å². The minimum absolute atomic E-state index is 0.0834. The maximum absolute atomic E-state index is 12.9. The lowest BCUT2D eigenvalue weighted by Gasteiger charge is -2.35. The third kappa shape index (κ3) is 4.78. The molecule has 0 aliphatic carbocycles. The van der Waals surface area contributed by atoms with Gasteiger partial charge < -0.3 is 10.6 Å². The first-order valence-corrected chi connectivity index (χ1v) is 8.11. The average molecular weight is 307 g/mol. The smallest absolute Gasteiger partial charge is 0.239 e. The summed E-state index contributed by atoms with van der Waals surface area (Å²) in [6.45, 7) is 6.24. The normalized spacial score (nSPS) is 17.5. The Balaban J connectivity index is 1.73. The molecule has 1 heterocycles. The van der Waals surface area contributed by atoms with Crippen molar-refractivity contribution in [3.63, 3.8) is 0 Å². The highest BCUT2D eigenvalue weighted by Crippen LogP contribution is 2.08. The van der Waals surface area contributed by atoms with E-state index in [-0.39, 0.29) is 17.8 Å². The third-order valence-corrected chi connectivity index (χ3v) is 4.23. The van der Waals surface area contributed by atoms with Crippen molar-refractivity contribution in [1.29, 1.82) is 0 Å². The summed E-state index contributed by atoms with van der Waals surface area (Å²) in [7, 11) is 0. The highest BCUT2D eigenvalue weighted by Gasteiger charge is 2.24. The number of amides is 1. The van der Waals surface area contributed by atoms with Gasteiger partial charge in [-0.25, -0.2) is 4.39 Å². The minimum atomic E-state index is -0.351. The molecule has 4 nitrogen and oxygen atoms in total. The van der Waals surface area contributed by atoms with Gasteiger partial charge in [-0.05, 0) is 30.5 Å². The van der Waals surface area contributed by atoms with Crippen molar-refractivity contribution in [2.45, 2.75) is 32.2 Å². The van der Waals surface area contributed by atoms with Crippen LogP contribution in [0, 0.1) is 5.82 Å². The van der Waals surface area contributed by atoms with Crippen molar-refractivity contribution >= 4 is 5.91 Å².